The predicted molar refractivity (Wildman–Crippen MR) is 93.2 cm³/mol. The van der Waals surface area contributed by atoms with E-state index >= 15 is 0 Å². The van der Waals surface area contributed by atoms with Gasteiger partial charge < -0.3 is 9.73 Å². The van der Waals surface area contributed by atoms with Crippen molar-refractivity contribution in [3.8, 4) is 11.3 Å². The van der Waals surface area contributed by atoms with E-state index in [-0.39, 0.29) is 18.1 Å². The Morgan fingerprint density at radius 2 is 2.04 bits per heavy atom. The molecule has 0 saturated heterocycles. The van der Waals surface area contributed by atoms with Crippen molar-refractivity contribution in [2.45, 2.75) is 26.3 Å². The first-order valence-corrected chi connectivity index (χ1v) is 8.13. The highest BCUT2D eigenvalue weighted by Crippen LogP contribution is 2.23. The summed E-state index contributed by atoms with van der Waals surface area (Å²) in [7, 11) is 0. The van der Waals surface area contributed by atoms with E-state index in [1.165, 1.54) is 12.3 Å². The molecule has 0 aliphatic heterocycles. The van der Waals surface area contributed by atoms with Crippen LogP contribution in [0.3, 0.4) is 0 Å². The van der Waals surface area contributed by atoms with E-state index in [0.717, 1.165) is 11.1 Å². The quantitative estimate of drug-likeness (QED) is 0.738. The van der Waals surface area contributed by atoms with Crippen LogP contribution in [0.4, 0.5) is 4.39 Å². The molecule has 0 fully saturated rings. The molecule has 0 spiro atoms. The first-order chi connectivity index (χ1) is 12.1. The maximum absolute atomic E-state index is 13.7. The van der Waals surface area contributed by atoms with Gasteiger partial charge in [0.25, 0.3) is 0 Å². The minimum atomic E-state index is -0.360. The fraction of sp³-hybridized carbons (Fsp3) is 0.200. The number of hydrogen-bond donors (Lipinski definition) is 1. The number of nitrogens with zero attached hydrogens (tertiary/aromatic N) is 1. The Morgan fingerprint density at radius 3 is 2.84 bits per heavy atom. The van der Waals surface area contributed by atoms with Crippen LogP contribution in [-0.4, -0.2) is 10.9 Å². The highest BCUT2D eigenvalue weighted by atomic mass is 19.1. The average Bonchev–Trinajstić information content (AvgIpc) is 3.07. The summed E-state index contributed by atoms with van der Waals surface area (Å²) >= 11 is 0. The van der Waals surface area contributed by atoms with Gasteiger partial charge in [-0.3, -0.25) is 4.79 Å². The maximum Gasteiger partial charge on any atom is 0.220 e. The van der Waals surface area contributed by atoms with Gasteiger partial charge in [0.15, 0.2) is 11.7 Å². The van der Waals surface area contributed by atoms with Crippen molar-refractivity contribution < 1.29 is 13.6 Å². The number of hydrogen-bond acceptors (Lipinski definition) is 3. The monoisotopic (exact) mass is 338 g/mol. The minimum absolute atomic E-state index is 0.0767. The van der Waals surface area contributed by atoms with Gasteiger partial charge in [0.05, 0.1) is 11.8 Å². The van der Waals surface area contributed by atoms with Crippen LogP contribution in [0.25, 0.3) is 11.3 Å². The molecule has 3 aromatic rings. The Morgan fingerprint density at radius 1 is 1.20 bits per heavy atom. The Kier molecular flexibility index (Phi) is 5.23. The molecule has 1 aromatic heterocycles. The summed E-state index contributed by atoms with van der Waals surface area (Å²) in [5.41, 5.74) is 2.59. The molecule has 4 nitrogen and oxygen atoms in total. The molecular formula is C20H19FN2O2. The number of halogens is 1. The van der Waals surface area contributed by atoms with Crippen LogP contribution in [0.15, 0.2) is 59.1 Å². The summed E-state index contributed by atoms with van der Waals surface area (Å²) in [4.78, 5) is 16.1. The van der Waals surface area contributed by atoms with Gasteiger partial charge in [-0.1, -0.05) is 42.0 Å². The summed E-state index contributed by atoms with van der Waals surface area (Å²) in [5.74, 6) is 0.352. The lowest BCUT2D eigenvalue weighted by molar-refractivity contribution is -0.121. The molecule has 2 aromatic carbocycles. The third kappa shape index (κ3) is 4.53. The van der Waals surface area contributed by atoms with Crippen molar-refractivity contribution >= 4 is 5.91 Å². The number of nitrogens with one attached hydrogen (secondary N) is 1. The zero-order valence-electron chi connectivity index (χ0n) is 14.0. The zero-order chi connectivity index (χ0) is 17.6. The molecule has 1 heterocycles. The molecule has 1 amide bonds. The molecule has 0 aliphatic carbocycles. The Balaban J connectivity index is 1.52. The first-order valence-electron chi connectivity index (χ1n) is 8.13. The van der Waals surface area contributed by atoms with Gasteiger partial charge >= 0.3 is 0 Å². The number of rotatable bonds is 6. The van der Waals surface area contributed by atoms with Crippen LogP contribution in [0.2, 0.25) is 0 Å². The molecule has 25 heavy (non-hydrogen) atoms. The third-order valence-electron chi connectivity index (χ3n) is 3.83. The number of carbonyl (C=O) groups excluding carboxylic acids is 1. The van der Waals surface area contributed by atoms with Crippen LogP contribution in [0.1, 0.15) is 23.4 Å². The van der Waals surface area contributed by atoms with Gasteiger partial charge in [0.2, 0.25) is 5.91 Å². The molecular weight excluding hydrogens is 319 g/mol. The fourth-order valence-electron chi connectivity index (χ4n) is 2.54. The highest BCUT2D eigenvalue weighted by molar-refractivity contribution is 5.76. The van der Waals surface area contributed by atoms with E-state index < -0.39 is 0 Å². The predicted octanol–water partition coefficient (Wildman–Crippen LogP) is 4.04. The second kappa shape index (κ2) is 7.75. The molecule has 0 unspecified atom stereocenters. The van der Waals surface area contributed by atoms with Gasteiger partial charge in [0, 0.05) is 19.4 Å². The Hall–Kier alpha value is -2.95. The van der Waals surface area contributed by atoms with Crippen molar-refractivity contribution in [3.05, 3.63) is 77.6 Å². The zero-order valence-corrected chi connectivity index (χ0v) is 14.0. The summed E-state index contributed by atoms with van der Waals surface area (Å²) in [6.07, 6.45) is 2.12. The van der Waals surface area contributed by atoms with E-state index in [9.17, 15) is 9.18 Å². The van der Waals surface area contributed by atoms with E-state index in [1.807, 2.05) is 31.2 Å². The first kappa shape index (κ1) is 16.9. The molecule has 0 saturated carbocycles. The number of aryl methyl sites for hydroxylation is 2. The van der Waals surface area contributed by atoms with E-state index in [2.05, 4.69) is 10.3 Å². The second-order valence-corrected chi connectivity index (χ2v) is 5.86. The lowest BCUT2D eigenvalue weighted by Gasteiger charge is -2.05. The molecule has 128 valence electrons. The van der Waals surface area contributed by atoms with Gasteiger partial charge in [-0.15, -0.1) is 0 Å². The third-order valence-corrected chi connectivity index (χ3v) is 3.83. The Labute approximate surface area is 145 Å². The van der Waals surface area contributed by atoms with Crippen LogP contribution < -0.4 is 5.32 Å². The SMILES string of the molecule is Cc1cccc(CNC(=O)CCc2ncc(-c3ccccc3F)o2)c1. The smallest absolute Gasteiger partial charge is 0.220 e. The second-order valence-electron chi connectivity index (χ2n) is 5.86. The van der Waals surface area contributed by atoms with E-state index in [1.54, 1.807) is 18.2 Å². The van der Waals surface area contributed by atoms with E-state index in [0.29, 0.717) is 30.2 Å². The van der Waals surface area contributed by atoms with Crippen molar-refractivity contribution in [1.82, 2.24) is 10.3 Å². The standard InChI is InChI=1S/C20H19FN2O2/c1-14-5-4-6-15(11-14)12-22-19(24)9-10-20-23-13-18(25-20)16-7-2-3-8-17(16)21/h2-8,11,13H,9-10,12H2,1H3,(H,22,24). The van der Waals surface area contributed by atoms with Crippen molar-refractivity contribution in [3.63, 3.8) is 0 Å². The molecule has 0 radical (unpaired) electrons. The summed E-state index contributed by atoms with van der Waals surface area (Å²) < 4.78 is 19.3. The maximum atomic E-state index is 13.7. The molecule has 0 aliphatic rings. The van der Waals surface area contributed by atoms with Crippen molar-refractivity contribution in [2.24, 2.45) is 0 Å². The fourth-order valence-corrected chi connectivity index (χ4v) is 2.54. The van der Waals surface area contributed by atoms with E-state index in [4.69, 9.17) is 4.42 Å². The molecule has 0 atom stereocenters. The van der Waals surface area contributed by atoms with Crippen LogP contribution >= 0.6 is 0 Å². The molecule has 3 rings (SSSR count). The summed E-state index contributed by atoms with van der Waals surface area (Å²) in [6, 6.07) is 14.4. The topological polar surface area (TPSA) is 55.1 Å². The van der Waals surface area contributed by atoms with Gasteiger partial charge in [-0.25, -0.2) is 9.37 Å². The number of benzene rings is 2. The Bertz CT molecular complexity index is 873. The number of aromatic nitrogens is 1. The summed E-state index contributed by atoms with van der Waals surface area (Å²) in [5, 5.41) is 2.88. The van der Waals surface area contributed by atoms with Gasteiger partial charge in [-0.2, -0.15) is 0 Å². The van der Waals surface area contributed by atoms with Crippen LogP contribution in [0, 0.1) is 12.7 Å². The minimum Gasteiger partial charge on any atom is -0.441 e. The normalized spacial score (nSPS) is 10.6. The van der Waals surface area contributed by atoms with Gasteiger partial charge in [-0.05, 0) is 24.6 Å². The number of oxazole rings is 1. The van der Waals surface area contributed by atoms with Crippen LogP contribution in [-0.2, 0) is 17.8 Å². The van der Waals surface area contributed by atoms with Crippen molar-refractivity contribution in [2.75, 3.05) is 0 Å². The average molecular weight is 338 g/mol. The number of amides is 1. The van der Waals surface area contributed by atoms with Gasteiger partial charge in [0.1, 0.15) is 5.82 Å². The number of carbonyl (C=O) groups is 1. The summed E-state index contributed by atoms with van der Waals surface area (Å²) in [6.45, 7) is 2.51. The van der Waals surface area contributed by atoms with Crippen molar-refractivity contribution in [1.29, 1.82) is 0 Å². The lowest BCUT2D eigenvalue weighted by atomic mass is 10.1. The largest absolute Gasteiger partial charge is 0.441 e. The molecule has 5 heteroatoms. The molecule has 1 N–H and O–H groups in total. The lowest BCUT2D eigenvalue weighted by Crippen LogP contribution is -2.23. The highest BCUT2D eigenvalue weighted by Gasteiger charge is 2.11. The molecule has 0 bridgehead atoms. The van der Waals surface area contributed by atoms with Crippen LogP contribution in [0.5, 0.6) is 0 Å².